The van der Waals surface area contributed by atoms with Gasteiger partial charge in [-0.05, 0) is 97.2 Å². The van der Waals surface area contributed by atoms with Crippen molar-refractivity contribution < 1.29 is 4.74 Å². The molecule has 0 saturated carbocycles. The van der Waals surface area contributed by atoms with E-state index in [9.17, 15) is 0 Å². The first kappa shape index (κ1) is 12.5. The maximum absolute atomic E-state index is 6.26. The van der Waals surface area contributed by atoms with Gasteiger partial charge in [-0.2, -0.15) is 0 Å². The van der Waals surface area contributed by atoms with E-state index < -0.39 is 0 Å². The molecule has 0 aromatic heterocycles. The van der Waals surface area contributed by atoms with E-state index in [2.05, 4.69) is 36.4 Å². The van der Waals surface area contributed by atoms with Gasteiger partial charge in [0, 0.05) is 10.8 Å². The molecule has 0 amide bonds. The highest BCUT2D eigenvalue weighted by atomic mass is 16.5. The summed E-state index contributed by atoms with van der Waals surface area (Å²) < 4.78 is 6.26. The van der Waals surface area contributed by atoms with Crippen LogP contribution in [0.3, 0.4) is 0 Å². The van der Waals surface area contributed by atoms with Crippen LogP contribution in [0.5, 0.6) is 11.5 Å². The molecule has 110 valence electrons. The molecule has 0 bridgehead atoms. The summed E-state index contributed by atoms with van der Waals surface area (Å²) >= 11 is 0. The maximum atomic E-state index is 6.26. The number of ether oxygens (including phenoxy) is 1. The third-order valence-corrected chi connectivity index (χ3v) is 5.29. The summed E-state index contributed by atoms with van der Waals surface area (Å²) in [6.45, 7) is 0. The van der Waals surface area contributed by atoms with E-state index in [1.54, 1.807) is 0 Å². The Balaban J connectivity index is 1.71. The molecule has 1 nitrogen and oxygen atoms in total. The second kappa shape index (κ2) is 4.74. The van der Waals surface area contributed by atoms with Crippen molar-refractivity contribution in [2.75, 3.05) is 0 Å². The molecule has 1 heteroatoms. The van der Waals surface area contributed by atoms with E-state index in [1.807, 2.05) is 0 Å². The highest BCUT2D eigenvalue weighted by Crippen LogP contribution is 2.33. The Morgan fingerprint density at radius 1 is 0.682 bits per heavy atom. The molecule has 0 fully saturated rings. The molecule has 2 aromatic rings. The van der Waals surface area contributed by atoms with Gasteiger partial charge in [-0.15, -0.1) is 0 Å². The van der Waals surface area contributed by atoms with Crippen molar-refractivity contribution in [2.24, 2.45) is 0 Å². The molecule has 3 aliphatic rings. The number of hydrogen-bond donors (Lipinski definition) is 0. The smallest absolute Gasteiger partial charge is 0.135 e. The third kappa shape index (κ3) is 1.92. The zero-order valence-corrected chi connectivity index (χ0v) is 12.8. The van der Waals surface area contributed by atoms with Crippen molar-refractivity contribution in [3.05, 3.63) is 57.0 Å². The van der Waals surface area contributed by atoms with Gasteiger partial charge in [0.1, 0.15) is 11.5 Å². The second-order valence-electron chi connectivity index (χ2n) is 6.80. The molecule has 0 N–H and O–H groups in total. The van der Waals surface area contributed by atoms with E-state index in [0.717, 1.165) is 11.5 Å². The van der Waals surface area contributed by atoms with Crippen molar-refractivity contribution >= 4 is 12.2 Å². The largest absolute Gasteiger partial charge is 0.456 e. The van der Waals surface area contributed by atoms with E-state index in [0.29, 0.717) is 0 Å². The van der Waals surface area contributed by atoms with E-state index in [-0.39, 0.29) is 0 Å². The van der Waals surface area contributed by atoms with Gasteiger partial charge in [-0.3, -0.25) is 0 Å². The Kier molecular flexibility index (Phi) is 2.70. The molecule has 0 unspecified atom stereocenters. The van der Waals surface area contributed by atoms with Crippen LogP contribution >= 0.6 is 0 Å². The molecule has 1 heterocycles. The molecule has 0 saturated heterocycles. The molecule has 2 aliphatic carbocycles. The minimum absolute atomic E-state index is 1.03. The summed E-state index contributed by atoms with van der Waals surface area (Å²) in [5.74, 6) is 2.07. The number of benzene rings is 2. The summed E-state index contributed by atoms with van der Waals surface area (Å²) in [4.78, 5) is 0. The lowest BCUT2D eigenvalue weighted by atomic mass is 9.89. The Morgan fingerprint density at radius 3 is 2.41 bits per heavy atom. The number of aryl methyl sites for hydroxylation is 3. The quantitative estimate of drug-likeness (QED) is 0.614. The first-order valence-electron chi connectivity index (χ1n) is 8.55. The predicted molar refractivity (Wildman–Crippen MR) is 89.8 cm³/mol. The normalized spacial score (nSPS) is 17.8. The molecule has 1 aliphatic heterocycles. The zero-order valence-electron chi connectivity index (χ0n) is 12.8. The Morgan fingerprint density at radius 2 is 1.50 bits per heavy atom. The van der Waals surface area contributed by atoms with Crippen LogP contribution < -0.4 is 15.2 Å². The van der Waals surface area contributed by atoms with Gasteiger partial charge in [-0.1, -0.05) is 6.08 Å². The second-order valence-corrected chi connectivity index (χ2v) is 6.80. The van der Waals surface area contributed by atoms with Gasteiger partial charge >= 0.3 is 0 Å². The summed E-state index contributed by atoms with van der Waals surface area (Å²) in [7, 11) is 0. The van der Waals surface area contributed by atoms with E-state index in [4.69, 9.17) is 4.74 Å². The molecular formula is C21H20O. The van der Waals surface area contributed by atoms with Crippen LogP contribution in [0.25, 0.3) is 12.2 Å². The van der Waals surface area contributed by atoms with Crippen molar-refractivity contribution in [3.63, 3.8) is 0 Å². The standard InChI is InChI=1S/C21H20O/c1-3-7-16-12-20-18(9-14(16)5-1)11-19-10-15-6-2-4-8-17(15)13-21(19)22-20/h7,9-13H,1-6,8H2. The third-order valence-electron chi connectivity index (χ3n) is 5.29. The number of hydrogen-bond acceptors (Lipinski definition) is 1. The van der Waals surface area contributed by atoms with Gasteiger partial charge in [-0.25, -0.2) is 0 Å². The van der Waals surface area contributed by atoms with Crippen molar-refractivity contribution in [3.8, 4) is 11.5 Å². The van der Waals surface area contributed by atoms with Crippen molar-refractivity contribution in [1.82, 2.24) is 0 Å². The lowest BCUT2D eigenvalue weighted by Crippen LogP contribution is -2.21. The van der Waals surface area contributed by atoms with Crippen molar-refractivity contribution in [2.45, 2.75) is 44.9 Å². The van der Waals surface area contributed by atoms with Crippen LogP contribution in [0.15, 0.2) is 24.3 Å². The fourth-order valence-electron chi connectivity index (χ4n) is 4.09. The van der Waals surface area contributed by atoms with Crippen LogP contribution in [0.4, 0.5) is 0 Å². The average Bonchev–Trinajstić information content (AvgIpc) is 2.56. The van der Waals surface area contributed by atoms with Crippen molar-refractivity contribution in [1.29, 1.82) is 0 Å². The summed E-state index contributed by atoms with van der Waals surface area (Å²) in [5.41, 5.74) is 5.75. The van der Waals surface area contributed by atoms with Gasteiger partial charge in [0.2, 0.25) is 0 Å². The number of rotatable bonds is 0. The van der Waals surface area contributed by atoms with E-state index >= 15 is 0 Å². The number of fused-ring (bicyclic) bond motifs is 4. The van der Waals surface area contributed by atoms with Crippen LogP contribution in [0, 0.1) is 0 Å². The highest BCUT2D eigenvalue weighted by Gasteiger charge is 2.17. The van der Waals surface area contributed by atoms with Crippen LogP contribution in [0.1, 0.15) is 47.9 Å². The van der Waals surface area contributed by atoms with E-state index in [1.165, 1.54) is 77.6 Å². The Labute approximate surface area is 130 Å². The van der Waals surface area contributed by atoms with Gasteiger partial charge < -0.3 is 4.74 Å². The SMILES string of the molecule is C1=c2cc3c(cc2CCC1)=Cc1cc2c(cc1O3)CCCC2. The first-order chi connectivity index (χ1) is 10.9. The lowest BCUT2D eigenvalue weighted by molar-refractivity contribution is 0.470. The molecule has 0 radical (unpaired) electrons. The minimum atomic E-state index is 1.03. The fraction of sp³-hybridized carbons (Fsp3) is 0.333. The van der Waals surface area contributed by atoms with Crippen LogP contribution in [0.2, 0.25) is 0 Å². The average molecular weight is 288 g/mol. The summed E-state index contributed by atoms with van der Waals surface area (Å²) in [5, 5.41) is 2.62. The fourth-order valence-corrected chi connectivity index (χ4v) is 4.09. The van der Waals surface area contributed by atoms with Gasteiger partial charge in [0.25, 0.3) is 0 Å². The molecular weight excluding hydrogens is 268 g/mol. The topological polar surface area (TPSA) is 9.23 Å². The Hall–Kier alpha value is -2.02. The van der Waals surface area contributed by atoms with Gasteiger partial charge in [0.05, 0.1) is 0 Å². The maximum Gasteiger partial charge on any atom is 0.135 e. The van der Waals surface area contributed by atoms with Gasteiger partial charge in [0.15, 0.2) is 0 Å². The molecule has 0 spiro atoms. The van der Waals surface area contributed by atoms with Crippen LogP contribution in [-0.2, 0) is 19.3 Å². The lowest BCUT2D eigenvalue weighted by Gasteiger charge is -2.22. The first-order valence-corrected chi connectivity index (χ1v) is 8.55. The Bertz CT molecular complexity index is 889. The summed E-state index contributed by atoms with van der Waals surface area (Å²) in [6.07, 6.45) is 13.4. The summed E-state index contributed by atoms with van der Waals surface area (Å²) in [6, 6.07) is 9.22. The zero-order chi connectivity index (χ0) is 14.5. The highest BCUT2D eigenvalue weighted by molar-refractivity contribution is 5.65. The predicted octanol–water partition coefficient (Wildman–Crippen LogP) is 3.62. The monoisotopic (exact) mass is 288 g/mol. The molecule has 0 atom stereocenters. The molecule has 22 heavy (non-hydrogen) atoms. The molecule has 5 rings (SSSR count). The van der Waals surface area contributed by atoms with Crippen LogP contribution in [-0.4, -0.2) is 0 Å². The molecule has 2 aromatic carbocycles. The minimum Gasteiger partial charge on any atom is -0.456 e.